The van der Waals surface area contributed by atoms with Crippen molar-refractivity contribution in [3.8, 4) is 5.88 Å². The number of nitrogens with two attached hydrogens (primary N) is 1. The SMILES string of the molecule is CCN(C)/C(=C\N)CN1c2cc(C(=O)OC)ccc2N(C)C1CN1CCC(n2ccc(OCc3ccc(Cl)cn3)n2)CC1. The van der Waals surface area contributed by atoms with Crippen LogP contribution in [0.1, 0.15) is 41.9 Å². The van der Waals surface area contributed by atoms with Gasteiger partial charge >= 0.3 is 5.97 Å². The Labute approximate surface area is 258 Å². The number of piperidine rings is 1. The summed E-state index contributed by atoms with van der Waals surface area (Å²) in [6, 6.07) is 11.6. The van der Waals surface area contributed by atoms with Crippen molar-refractivity contribution in [2.45, 2.75) is 38.6 Å². The zero-order valence-corrected chi connectivity index (χ0v) is 26.1. The van der Waals surface area contributed by atoms with E-state index in [4.69, 9.17) is 26.8 Å². The number of pyridine rings is 1. The number of hydrogen-bond acceptors (Lipinski definition) is 10. The lowest BCUT2D eigenvalue weighted by molar-refractivity contribution is 0.0601. The first kappa shape index (κ1) is 30.5. The van der Waals surface area contributed by atoms with Gasteiger partial charge in [-0.15, -0.1) is 5.10 Å². The summed E-state index contributed by atoms with van der Waals surface area (Å²) in [5.74, 6) is 0.248. The number of likely N-dealkylation sites (tertiary alicyclic amines) is 1. The lowest BCUT2D eigenvalue weighted by Crippen LogP contribution is -2.52. The summed E-state index contributed by atoms with van der Waals surface area (Å²) in [6.07, 6.45) is 7.35. The second-order valence-corrected chi connectivity index (χ2v) is 11.4. The number of fused-ring (bicyclic) bond motifs is 1. The van der Waals surface area contributed by atoms with Gasteiger partial charge in [-0.1, -0.05) is 11.6 Å². The summed E-state index contributed by atoms with van der Waals surface area (Å²) >= 11 is 5.92. The Morgan fingerprint density at radius 2 is 1.98 bits per heavy atom. The smallest absolute Gasteiger partial charge is 0.337 e. The number of carbonyl (C=O) groups excluding carboxylic acids is 1. The maximum absolute atomic E-state index is 12.4. The van der Waals surface area contributed by atoms with Crippen LogP contribution in [0.15, 0.2) is 60.7 Å². The topological polar surface area (TPSA) is 105 Å². The van der Waals surface area contributed by atoms with Crippen LogP contribution in [0.4, 0.5) is 11.4 Å². The number of hydrogen-bond donors (Lipinski definition) is 1. The van der Waals surface area contributed by atoms with E-state index in [0.717, 1.165) is 61.8 Å². The summed E-state index contributed by atoms with van der Waals surface area (Å²) in [5, 5.41) is 5.29. The molecule has 0 aliphatic carbocycles. The molecule has 2 N–H and O–H groups in total. The molecule has 2 aromatic heterocycles. The van der Waals surface area contributed by atoms with Crippen LogP contribution in [-0.4, -0.2) is 90.6 Å². The summed E-state index contributed by atoms with van der Waals surface area (Å²) < 4.78 is 12.9. The first-order chi connectivity index (χ1) is 20.8. The first-order valence-corrected chi connectivity index (χ1v) is 15.0. The molecule has 1 unspecified atom stereocenters. The minimum Gasteiger partial charge on any atom is -0.470 e. The lowest BCUT2D eigenvalue weighted by atomic mass is 10.1. The molecule has 1 aromatic carbocycles. The van der Waals surface area contributed by atoms with Crippen LogP contribution in [0.25, 0.3) is 0 Å². The highest BCUT2D eigenvalue weighted by atomic mass is 35.5. The van der Waals surface area contributed by atoms with Crippen molar-refractivity contribution in [1.29, 1.82) is 0 Å². The van der Waals surface area contributed by atoms with Crippen molar-refractivity contribution in [2.24, 2.45) is 5.73 Å². The Balaban J connectivity index is 1.24. The maximum atomic E-state index is 12.4. The van der Waals surface area contributed by atoms with Crippen LogP contribution < -0.4 is 20.3 Å². The lowest BCUT2D eigenvalue weighted by Gasteiger charge is -2.39. The third kappa shape index (κ3) is 6.83. The fraction of sp³-hybridized carbons (Fsp3) is 0.452. The van der Waals surface area contributed by atoms with E-state index in [1.165, 1.54) is 7.11 Å². The predicted molar refractivity (Wildman–Crippen MR) is 168 cm³/mol. The Hall–Kier alpha value is -3.96. The number of benzene rings is 1. The molecular weight excluding hydrogens is 568 g/mol. The molecule has 1 saturated heterocycles. The van der Waals surface area contributed by atoms with Gasteiger partial charge in [-0.3, -0.25) is 14.6 Å². The monoisotopic (exact) mass is 608 g/mol. The normalized spacial score (nSPS) is 17.7. The maximum Gasteiger partial charge on any atom is 0.337 e. The number of nitrogens with zero attached hydrogens (tertiary/aromatic N) is 7. The summed E-state index contributed by atoms with van der Waals surface area (Å²) in [6.45, 7) is 6.68. The summed E-state index contributed by atoms with van der Waals surface area (Å²) in [7, 11) is 5.58. The number of anilines is 2. The van der Waals surface area contributed by atoms with Gasteiger partial charge in [0.05, 0.1) is 47.4 Å². The number of aromatic nitrogens is 3. The molecule has 3 aromatic rings. The van der Waals surface area contributed by atoms with Crippen molar-refractivity contribution in [3.05, 3.63) is 77.0 Å². The van der Waals surface area contributed by atoms with Crippen molar-refractivity contribution >= 4 is 28.9 Å². The first-order valence-electron chi connectivity index (χ1n) is 14.7. The Bertz CT molecular complexity index is 1420. The van der Waals surface area contributed by atoms with E-state index in [1.807, 2.05) is 48.3 Å². The molecule has 2 aliphatic rings. The molecule has 43 heavy (non-hydrogen) atoms. The third-order valence-corrected chi connectivity index (χ3v) is 8.70. The molecule has 12 heteroatoms. The Morgan fingerprint density at radius 3 is 2.65 bits per heavy atom. The number of likely N-dealkylation sites (N-methyl/N-ethyl adjacent to an activating group) is 2. The average molecular weight is 609 g/mol. The highest BCUT2D eigenvalue weighted by Crippen LogP contribution is 2.40. The Kier molecular flexibility index (Phi) is 9.62. The van der Waals surface area contributed by atoms with Crippen LogP contribution in [0, 0.1) is 0 Å². The van der Waals surface area contributed by atoms with Gasteiger partial charge in [0, 0.05) is 70.6 Å². The van der Waals surface area contributed by atoms with E-state index >= 15 is 0 Å². The zero-order valence-electron chi connectivity index (χ0n) is 25.3. The quantitative estimate of drug-likeness (QED) is 0.322. The molecule has 11 nitrogen and oxygen atoms in total. The van der Waals surface area contributed by atoms with Crippen molar-refractivity contribution in [3.63, 3.8) is 0 Å². The van der Waals surface area contributed by atoms with Crippen LogP contribution in [0.3, 0.4) is 0 Å². The molecule has 4 heterocycles. The minimum atomic E-state index is -0.343. The molecule has 0 amide bonds. The molecular formula is C31H41ClN8O3. The van der Waals surface area contributed by atoms with Crippen molar-refractivity contribution < 1.29 is 14.3 Å². The van der Waals surface area contributed by atoms with Crippen LogP contribution in [0.2, 0.25) is 5.02 Å². The fourth-order valence-electron chi connectivity index (χ4n) is 5.75. The molecule has 2 aliphatic heterocycles. The van der Waals surface area contributed by atoms with Gasteiger partial charge < -0.3 is 29.9 Å². The van der Waals surface area contributed by atoms with Crippen molar-refractivity contribution in [1.82, 2.24) is 24.6 Å². The number of carbonyl (C=O) groups is 1. The highest BCUT2D eigenvalue weighted by Gasteiger charge is 2.37. The van der Waals surface area contributed by atoms with Gasteiger partial charge in [-0.25, -0.2) is 4.79 Å². The molecule has 0 radical (unpaired) electrons. The van der Waals surface area contributed by atoms with Gasteiger partial charge in [-0.05, 0) is 50.1 Å². The summed E-state index contributed by atoms with van der Waals surface area (Å²) in [5.41, 5.74) is 10.5. The van der Waals surface area contributed by atoms with Crippen LogP contribution >= 0.6 is 11.6 Å². The van der Waals surface area contributed by atoms with Crippen molar-refractivity contribution in [2.75, 3.05) is 63.7 Å². The van der Waals surface area contributed by atoms with Gasteiger partial charge in [0.15, 0.2) is 0 Å². The third-order valence-electron chi connectivity index (χ3n) is 8.48. The van der Waals surface area contributed by atoms with Gasteiger partial charge in [-0.2, -0.15) is 0 Å². The second-order valence-electron chi connectivity index (χ2n) is 11.0. The number of esters is 1. The largest absolute Gasteiger partial charge is 0.470 e. The molecule has 0 saturated carbocycles. The molecule has 1 atom stereocenters. The molecule has 1 fully saturated rings. The minimum absolute atomic E-state index is 0.0748. The van der Waals surface area contributed by atoms with E-state index in [1.54, 1.807) is 18.5 Å². The number of rotatable bonds is 11. The van der Waals surface area contributed by atoms with E-state index in [0.29, 0.717) is 35.7 Å². The predicted octanol–water partition coefficient (Wildman–Crippen LogP) is 3.97. The standard InChI is InChI=1S/C31H41ClN8O3/c1-5-36(2)26(17-33)19-39-28-16-22(31(41)42-4)6-9-27(28)37(3)30(39)20-38-13-10-25(11-14-38)40-15-12-29(35-40)43-21-24-8-7-23(32)18-34-24/h6-9,12,15-18,25,30H,5,10-11,13-14,19-21,33H2,1-4H3/b26-17-. The number of ether oxygens (including phenoxy) is 2. The zero-order chi connectivity index (χ0) is 30.5. The second kappa shape index (κ2) is 13.6. The average Bonchev–Trinajstić information content (AvgIpc) is 3.61. The Morgan fingerprint density at radius 1 is 1.19 bits per heavy atom. The van der Waals surface area contributed by atoms with Gasteiger partial charge in [0.1, 0.15) is 12.8 Å². The molecule has 0 spiro atoms. The van der Waals surface area contributed by atoms with E-state index < -0.39 is 0 Å². The van der Waals surface area contributed by atoms with Gasteiger partial charge in [0.2, 0.25) is 5.88 Å². The van der Waals surface area contributed by atoms with E-state index in [-0.39, 0.29) is 12.1 Å². The van der Waals surface area contributed by atoms with E-state index in [9.17, 15) is 4.79 Å². The summed E-state index contributed by atoms with van der Waals surface area (Å²) in [4.78, 5) is 26.0. The highest BCUT2D eigenvalue weighted by molar-refractivity contribution is 6.30. The molecule has 5 rings (SSSR count). The van der Waals surface area contributed by atoms with E-state index in [2.05, 4.69) is 43.7 Å². The fourth-order valence-corrected chi connectivity index (χ4v) is 5.87. The molecule has 230 valence electrons. The number of methoxy groups -OCH3 is 1. The van der Waals surface area contributed by atoms with Crippen LogP contribution in [0.5, 0.6) is 5.88 Å². The number of halogens is 1. The molecule has 0 bridgehead atoms. The van der Waals surface area contributed by atoms with Gasteiger partial charge in [0.25, 0.3) is 0 Å². The van der Waals surface area contributed by atoms with Crippen LogP contribution in [-0.2, 0) is 11.3 Å².